The second-order valence-electron chi connectivity index (χ2n) is 5.66. The molecule has 2 aromatic rings. The van der Waals surface area contributed by atoms with Crippen LogP contribution in [0.15, 0.2) is 30.3 Å². The second-order valence-corrected chi connectivity index (χ2v) is 5.66. The van der Waals surface area contributed by atoms with E-state index in [4.69, 9.17) is 0 Å². The lowest BCUT2D eigenvalue weighted by Crippen LogP contribution is -2.15. The lowest BCUT2D eigenvalue weighted by Gasteiger charge is -2.13. The zero-order valence-electron chi connectivity index (χ0n) is 13.8. The third kappa shape index (κ3) is 3.56. The van der Waals surface area contributed by atoms with E-state index in [1.807, 2.05) is 32.9 Å². The van der Waals surface area contributed by atoms with Gasteiger partial charge in [-0.3, -0.25) is 14.9 Å². The van der Waals surface area contributed by atoms with Crippen LogP contribution in [0.2, 0.25) is 0 Å². The van der Waals surface area contributed by atoms with E-state index in [0.717, 1.165) is 16.7 Å². The summed E-state index contributed by atoms with van der Waals surface area (Å²) in [5.74, 6) is -0.209. The van der Waals surface area contributed by atoms with Gasteiger partial charge in [0.2, 0.25) is 0 Å². The van der Waals surface area contributed by atoms with Gasteiger partial charge in [-0.05, 0) is 61.6 Å². The van der Waals surface area contributed by atoms with Gasteiger partial charge in [0.05, 0.1) is 4.92 Å². The number of nitro benzene ring substituents is 1. The number of rotatable bonds is 4. The maximum atomic E-state index is 12.5. The lowest BCUT2D eigenvalue weighted by molar-refractivity contribution is -0.384. The average molecular weight is 312 g/mol. The first-order chi connectivity index (χ1) is 10.8. The molecule has 0 fully saturated rings. The minimum Gasteiger partial charge on any atom is -0.321 e. The van der Waals surface area contributed by atoms with Crippen LogP contribution in [0.1, 0.15) is 39.5 Å². The maximum Gasteiger partial charge on any atom is 0.270 e. The summed E-state index contributed by atoms with van der Waals surface area (Å²) in [4.78, 5) is 23.0. The minimum absolute atomic E-state index is 0.0449. The fourth-order valence-electron chi connectivity index (χ4n) is 2.47. The van der Waals surface area contributed by atoms with E-state index in [9.17, 15) is 14.9 Å². The summed E-state index contributed by atoms with van der Waals surface area (Å²) >= 11 is 0. The molecule has 120 valence electrons. The third-order valence-corrected chi connectivity index (χ3v) is 4.00. The molecule has 0 bridgehead atoms. The van der Waals surface area contributed by atoms with Crippen LogP contribution in [-0.4, -0.2) is 10.8 Å². The Morgan fingerprint density at radius 1 is 1.09 bits per heavy atom. The fraction of sp³-hybridized carbons (Fsp3) is 0.278. The fourth-order valence-corrected chi connectivity index (χ4v) is 2.47. The van der Waals surface area contributed by atoms with Gasteiger partial charge in [0, 0.05) is 23.4 Å². The Morgan fingerprint density at radius 3 is 2.35 bits per heavy atom. The number of amides is 1. The lowest BCUT2D eigenvalue weighted by atomic mass is 10.0. The molecule has 0 aliphatic rings. The van der Waals surface area contributed by atoms with Crippen molar-refractivity contribution in [3.8, 4) is 0 Å². The van der Waals surface area contributed by atoms with Gasteiger partial charge in [-0.2, -0.15) is 0 Å². The summed E-state index contributed by atoms with van der Waals surface area (Å²) in [7, 11) is 0. The van der Waals surface area contributed by atoms with E-state index in [-0.39, 0.29) is 11.6 Å². The Bertz CT molecular complexity index is 782. The summed E-state index contributed by atoms with van der Waals surface area (Å²) in [5.41, 5.74) is 4.90. The Morgan fingerprint density at radius 2 is 1.78 bits per heavy atom. The zero-order valence-corrected chi connectivity index (χ0v) is 13.8. The molecule has 5 heteroatoms. The summed E-state index contributed by atoms with van der Waals surface area (Å²) in [6.45, 7) is 7.62. The highest BCUT2D eigenvalue weighted by Gasteiger charge is 2.16. The van der Waals surface area contributed by atoms with Crippen LogP contribution < -0.4 is 5.32 Å². The van der Waals surface area contributed by atoms with E-state index in [2.05, 4.69) is 5.32 Å². The van der Waals surface area contributed by atoms with Gasteiger partial charge >= 0.3 is 0 Å². The standard InChI is InChI=1S/C18H20N2O3/c1-5-14-10-16(20(22)23)9-13(4)17(14)19-18(21)15-7-6-11(2)12(3)8-15/h6-10H,5H2,1-4H3,(H,19,21). The topological polar surface area (TPSA) is 72.2 Å². The van der Waals surface area contributed by atoms with E-state index < -0.39 is 4.92 Å². The molecule has 0 aliphatic carbocycles. The van der Waals surface area contributed by atoms with Crippen molar-refractivity contribution in [1.29, 1.82) is 0 Å². The van der Waals surface area contributed by atoms with Crippen molar-refractivity contribution in [2.24, 2.45) is 0 Å². The molecule has 5 nitrogen and oxygen atoms in total. The molecule has 0 saturated carbocycles. The Labute approximate surface area is 135 Å². The van der Waals surface area contributed by atoms with Crippen molar-refractivity contribution in [2.45, 2.75) is 34.1 Å². The van der Waals surface area contributed by atoms with Gasteiger partial charge in [0.1, 0.15) is 0 Å². The highest BCUT2D eigenvalue weighted by Crippen LogP contribution is 2.28. The van der Waals surface area contributed by atoms with Gasteiger partial charge in [-0.15, -0.1) is 0 Å². The van der Waals surface area contributed by atoms with Crippen LogP contribution in [0.5, 0.6) is 0 Å². The summed E-state index contributed by atoms with van der Waals surface area (Å²) < 4.78 is 0. The predicted octanol–water partition coefficient (Wildman–Crippen LogP) is 4.33. The normalized spacial score (nSPS) is 10.4. The van der Waals surface area contributed by atoms with Crippen LogP contribution in [0.25, 0.3) is 0 Å². The Kier molecular flexibility index (Phi) is 4.79. The number of carbonyl (C=O) groups excluding carboxylic acids is 1. The Hall–Kier alpha value is -2.69. The number of hydrogen-bond acceptors (Lipinski definition) is 3. The van der Waals surface area contributed by atoms with Crippen LogP contribution in [0.4, 0.5) is 11.4 Å². The molecule has 0 aliphatic heterocycles. The highest BCUT2D eigenvalue weighted by molar-refractivity contribution is 6.05. The van der Waals surface area contributed by atoms with Gasteiger partial charge in [0.25, 0.3) is 11.6 Å². The van der Waals surface area contributed by atoms with Gasteiger partial charge in [-0.25, -0.2) is 0 Å². The van der Waals surface area contributed by atoms with Crippen molar-refractivity contribution < 1.29 is 9.72 Å². The number of non-ortho nitro benzene ring substituents is 1. The SMILES string of the molecule is CCc1cc([N+](=O)[O-])cc(C)c1NC(=O)c1ccc(C)c(C)c1. The molecule has 1 amide bonds. The number of nitrogens with zero attached hydrogens (tertiary/aromatic N) is 1. The summed E-state index contributed by atoms with van der Waals surface area (Å²) in [6, 6.07) is 8.53. The molecule has 0 atom stereocenters. The van der Waals surface area contributed by atoms with Crippen LogP contribution in [-0.2, 0) is 6.42 Å². The van der Waals surface area contributed by atoms with E-state index >= 15 is 0 Å². The van der Waals surface area contributed by atoms with Gasteiger partial charge < -0.3 is 5.32 Å². The molecule has 0 unspecified atom stereocenters. The van der Waals surface area contributed by atoms with Gasteiger partial charge in [-0.1, -0.05) is 13.0 Å². The molecule has 0 radical (unpaired) electrons. The molecular weight excluding hydrogens is 292 g/mol. The highest BCUT2D eigenvalue weighted by atomic mass is 16.6. The second kappa shape index (κ2) is 6.60. The summed E-state index contributed by atoms with van der Waals surface area (Å²) in [5, 5.41) is 13.9. The number of anilines is 1. The number of aryl methyl sites for hydroxylation is 4. The van der Waals surface area contributed by atoms with Crippen LogP contribution >= 0.6 is 0 Å². The minimum atomic E-state index is -0.416. The van der Waals surface area contributed by atoms with Crippen LogP contribution in [0.3, 0.4) is 0 Å². The molecular formula is C18H20N2O3. The summed E-state index contributed by atoms with van der Waals surface area (Å²) in [6.07, 6.45) is 0.602. The molecule has 2 rings (SSSR count). The predicted molar refractivity (Wildman–Crippen MR) is 91.1 cm³/mol. The van der Waals surface area contributed by atoms with E-state index in [1.54, 1.807) is 13.0 Å². The first-order valence-corrected chi connectivity index (χ1v) is 7.50. The van der Waals surface area contributed by atoms with Crippen molar-refractivity contribution in [3.63, 3.8) is 0 Å². The quantitative estimate of drug-likeness (QED) is 0.674. The number of carbonyl (C=O) groups is 1. The molecule has 23 heavy (non-hydrogen) atoms. The van der Waals surface area contributed by atoms with Crippen molar-refractivity contribution in [1.82, 2.24) is 0 Å². The monoisotopic (exact) mass is 312 g/mol. The van der Waals surface area contributed by atoms with Crippen LogP contribution in [0, 0.1) is 30.9 Å². The number of benzene rings is 2. The Balaban J connectivity index is 2.37. The van der Waals surface area contributed by atoms with Crippen molar-refractivity contribution >= 4 is 17.3 Å². The van der Waals surface area contributed by atoms with E-state index in [0.29, 0.717) is 23.2 Å². The van der Waals surface area contributed by atoms with Gasteiger partial charge in [0.15, 0.2) is 0 Å². The average Bonchev–Trinajstić information content (AvgIpc) is 2.51. The molecule has 0 saturated heterocycles. The molecule has 0 heterocycles. The van der Waals surface area contributed by atoms with E-state index in [1.165, 1.54) is 12.1 Å². The third-order valence-electron chi connectivity index (χ3n) is 4.00. The maximum absolute atomic E-state index is 12.5. The number of hydrogen-bond donors (Lipinski definition) is 1. The first kappa shape index (κ1) is 16.7. The van der Waals surface area contributed by atoms with Crippen molar-refractivity contribution in [3.05, 3.63) is 68.3 Å². The first-order valence-electron chi connectivity index (χ1n) is 7.50. The smallest absolute Gasteiger partial charge is 0.270 e. The molecule has 0 spiro atoms. The number of nitrogens with one attached hydrogen (secondary N) is 1. The zero-order chi connectivity index (χ0) is 17.1. The largest absolute Gasteiger partial charge is 0.321 e. The molecule has 1 N–H and O–H groups in total. The number of nitro groups is 1. The van der Waals surface area contributed by atoms with Crippen molar-refractivity contribution in [2.75, 3.05) is 5.32 Å². The molecule has 2 aromatic carbocycles. The molecule has 0 aromatic heterocycles.